The topological polar surface area (TPSA) is 58.4 Å². The Labute approximate surface area is 110 Å². The first-order valence-corrected chi connectivity index (χ1v) is 6.35. The quantitative estimate of drug-likeness (QED) is 0.637. The summed E-state index contributed by atoms with van der Waals surface area (Å²) in [7, 11) is 0. The number of nitrogens with zero attached hydrogens (tertiary/aromatic N) is 1. The van der Waals surface area contributed by atoms with E-state index in [9.17, 15) is 13.6 Å². The van der Waals surface area contributed by atoms with Crippen molar-refractivity contribution in [2.75, 3.05) is 12.0 Å². The van der Waals surface area contributed by atoms with Crippen molar-refractivity contribution in [1.29, 1.82) is 0 Å². The van der Waals surface area contributed by atoms with Gasteiger partial charge >= 0.3 is 0 Å². The fourth-order valence-corrected chi connectivity index (χ4v) is 2.08. The van der Waals surface area contributed by atoms with E-state index in [-0.39, 0.29) is 17.5 Å². The summed E-state index contributed by atoms with van der Waals surface area (Å²) in [5.74, 6) is 2.96. The summed E-state index contributed by atoms with van der Waals surface area (Å²) in [6, 6.07) is 2.25. The predicted molar refractivity (Wildman–Crippen MR) is 68.5 cm³/mol. The number of halogens is 2. The molecule has 1 amide bonds. The lowest BCUT2D eigenvalue weighted by molar-refractivity contribution is 0.0742. The Hall–Kier alpha value is -1.69. The molecule has 0 aliphatic heterocycles. The summed E-state index contributed by atoms with van der Waals surface area (Å²) in [4.78, 5) is 13.9. The third-order valence-corrected chi connectivity index (χ3v) is 3.15. The first kappa shape index (κ1) is 13.7. The molecule has 1 saturated carbocycles. The van der Waals surface area contributed by atoms with Crippen LogP contribution in [0.3, 0.4) is 0 Å². The highest BCUT2D eigenvalue weighted by Crippen LogP contribution is 2.29. The Balaban J connectivity index is 2.27. The number of rotatable bonds is 5. The van der Waals surface area contributed by atoms with Gasteiger partial charge in [0, 0.05) is 18.2 Å². The molecule has 0 unspecified atom stereocenters. The van der Waals surface area contributed by atoms with Crippen molar-refractivity contribution in [2.45, 2.75) is 32.2 Å². The highest BCUT2D eigenvalue weighted by atomic mass is 19.1. The van der Waals surface area contributed by atoms with Gasteiger partial charge in [0.05, 0.1) is 0 Å². The zero-order valence-electron chi connectivity index (χ0n) is 10.7. The number of hydrazine groups is 1. The van der Waals surface area contributed by atoms with Crippen LogP contribution in [0.25, 0.3) is 0 Å². The number of carbonyl (C=O) groups excluding carboxylic acids is 1. The van der Waals surface area contributed by atoms with E-state index in [2.05, 4.69) is 0 Å². The van der Waals surface area contributed by atoms with E-state index in [1.807, 2.05) is 12.3 Å². The van der Waals surface area contributed by atoms with Crippen LogP contribution in [0.4, 0.5) is 14.5 Å². The van der Waals surface area contributed by atoms with Crippen molar-refractivity contribution in [1.82, 2.24) is 4.90 Å². The SMILES string of the molecule is CCCN(C(=O)c1cc(F)c(NN)c(F)c1)C1CC1. The van der Waals surface area contributed by atoms with Crippen molar-refractivity contribution in [3.05, 3.63) is 29.3 Å². The van der Waals surface area contributed by atoms with Crippen molar-refractivity contribution >= 4 is 11.6 Å². The summed E-state index contributed by atoms with van der Waals surface area (Å²) in [5, 5.41) is 0. The third-order valence-electron chi connectivity index (χ3n) is 3.15. The van der Waals surface area contributed by atoms with Crippen molar-refractivity contribution in [2.24, 2.45) is 5.84 Å². The van der Waals surface area contributed by atoms with Gasteiger partial charge in [-0.05, 0) is 31.4 Å². The molecule has 1 aromatic rings. The smallest absolute Gasteiger partial charge is 0.254 e. The molecule has 0 spiro atoms. The average molecular weight is 269 g/mol. The second kappa shape index (κ2) is 5.52. The van der Waals surface area contributed by atoms with Gasteiger partial charge in [-0.1, -0.05) is 6.92 Å². The lowest BCUT2D eigenvalue weighted by atomic mass is 10.1. The van der Waals surface area contributed by atoms with Crippen molar-refractivity contribution in [3.8, 4) is 0 Å². The number of nitrogen functional groups attached to an aromatic ring is 1. The fraction of sp³-hybridized carbons (Fsp3) is 0.462. The average Bonchev–Trinajstić information content (AvgIpc) is 3.19. The molecule has 1 aliphatic carbocycles. The first-order chi connectivity index (χ1) is 9.08. The van der Waals surface area contributed by atoms with E-state index >= 15 is 0 Å². The predicted octanol–water partition coefficient (Wildman–Crippen LogP) is 2.27. The number of hydrogen-bond acceptors (Lipinski definition) is 3. The molecule has 0 saturated heterocycles. The summed E-state index contributed by atoms with van der Waals surface area (Å²) in [5.41, 5.74) is 1.54. The van der Waals surface area contributed by atoms with Gasteiger partial charge in [-0.15, -0.1) is 0 Å². The van der Waals surface area contributed by atoms with Crippen LogP contribution in [-0.2, 0) is 0 Å². The molecule has 104 valence electrons. The Kier molecular flexibility index (Phi) is 3.99. The molecule has 3 N–H and O–H groups in total. The lowest BCUT2D eigenvalue weighted by Gasteiger charge is -2.22. The van der Waals surface area contributed by atoms with Crippen LogP contribution in [0.15, 0.2) is 12.1 Å². The number of nitrogens with two attached hydrogens (primary N) is 1. The van der Waals surface area contributed by atoms with Gasteiger partial charge in [0.2, 0.25) is 0 Å². The van der Waals surface area contributed by atoms with E-state index < -0.39 is 17.3 Å². The van der Waals surface area contributed by atoms with E-state index in [1.54, 1.807) is 4.90 Å². The summed E-state index contributed by atoms with van der Waals surface area (Å²) in [6.45, 7) is 2.56. The Morgan fingerprint density at radius 3 is 2.42 bits per heavy atom. The molecule has 0 bridgehead atoms. The molecule has 1 aromatic carbocycles. The Bertz CT molecular complexity index is 466. The highest BCUT2D eigenvalue weighted by molar-refractivity contribution is 5.95. The Morgan fingerprint density at radius 2 is 2.00 bits per heavy atom. The highest BCUT2D eigenvalue weighted by Gasteiger charge is 2.32. The minimum atomic E-state index is -0.863. The van der Waals surface area contributed by atoms with Gasteiger partial charge in [0.25, 0.3) is 5.91 Å². The number of hydrogen-bond donors (Lipinski definition) is 2. The van der Waals surface area contributed by atoms with E-state index in [4.69, 9.17) is 5.84 Å². The standard InChI is InChI=1S/C13H17F2N3O/c1-2-5-18(9-3-4-9)13(19)8-6-10(14)12(17-16)11(15)7-8/h6-7,9,17H,2-5,16H2,1H3. The van der Waals surface area contributed by atoms with Crippen molar-refractivity contribution in [3.63, 3.8) is 0 Å². The molecular formula is C13H17F2N3O. The minimum absolute atomic E-state index is 0.0225. The summed E-state index contributed by atoms with van der Waals surface area (Å²) >= 11 is 0. The maximum Gasteiger partial charge on any atom is 0.254 e. The molecule has 0 heterocycles. The van der Waals surface area contributed by atoms with Crippen LogP contribution >= 0.6 is 0 Å². The first-order valence-electron chi connectivity index (χ1n) is 6.35. The van der Waals surface area contributed by atoms with E-state index in [1.165, 1.54) is 0 Å². The monoisotopic (exact) mass is 269 g/mol. The zero-order valence-corrected chi connectivity index (χ0v) is 10.7. The molecule has 1 fully saturated rings. The molecular weight excluding hydrogens is 252 g/mol. The van der Waals surface area contributed by atoms with Crippen LogP contribution in [-0.4, -0.2) is 23.4 Å². The largest absolute Gasteiger partial charge is 0.336 e. The molecule has 6 heteroatoms. The van der Waals surface area contributed by atoms with Crippen LogP contribution in [0.2, 0.25) is 0 Å². The van der Waals surface area contributed by atoms with Crippen LogP contribution in [0.5, 0.6) is 0 Å². The molecule has 0 radical (unpaired) electrons. The number of benzene rings is 1. The van der Waals surface area contributed by atoms with Gasteiger partial charge in [-0.3, -0.25) is 10.6 Å². The number of carbonyl (C=O) groups is 1. The summed E-state index contributed by atoms with van der Waals surface area (Å²) < 4.78 is 27.2. The maximum atomic E-state index is 13.6. The van der Waals surface area contributed by atoms with Crippen LogP contribution in [0.1, 0.15) is 36.5 Å². The molecule has 4 nitrogen and oxygen atoms in total. The molecule has 2 rings (SSSR count). The number of anilines is 1. The van der Waals surface area contributed by atoms with Gasteiger partial charge in [-0.2, -0.15) is 0 Å². The fourth-order valence-electron chi connectivity index (χ4n) is 2.08. The number of amides is 1. The van der Waals surface area contributed by atoms with Crippen LogP contribution in [0, 0.1) is 11.6 Å². The molecule has 1 aliphatic rings. The third kappa shape index (κ3) is 2.84. The van der Waals surface area contributed by atoms with E-state index in [0.29, 0.717) is 6.54 Å². The number of nitrogens with one attached hydrogen (secondary N) is 1. The zero-order chi connectivity index (χ0) is 14.0. The second-order valence-electron chi connectivity index (χ2n) is 4.69. The molecule has 19 heavy (non-hydrogen) atoms. The van der Waals surface area contributed by atoms with Crippen molar-refractivity contribution < 1.29 is 13.6 Å². The van der Waals surface area contributed by atoms with Gasteiger partial charge in [-0.25, -0.2) is 8.78 Å². The normalized spacial score (nSPS) is 14.3. The van der Waals surface area contributed by atoms with Gasteiger partial charge in [0.15, 0.2) is 11.6 Å². The molecule has 0 aromatic heterocycles. The lowest BCUT2D eigenvalue weighted by Crippen LogP contribution is -2.34. The maximum absolute atomic E-state index is 13.6. The molecule has 0 atom stereocenters. The Morgan fingerprint density at radius 1 is 1.42 bits per heavy atom. The van der Waals surface area contributed by atoms with Gasteiger partial charge in [0.1, 0.15) is 5.69 Å². The second-order valence-corrected chi connectivity index (χ2v) is 4.69. The minimum Gasteiger partial charge on any atom is -0.336 e. The van der Waals surface area contributed by atoms with Crippen LogP contribution < -0.4 is 11.3 Å². The summed E-state index contributed by atoms with van der Waals surface area (Å²) in [6.07, 6.45) is 2.73. The van der Waals surface area contributed by atoms with Gasteiger partial charge < -0.3 is 10.3 Å². The van der Waals surface area contributed by atoms with E-state index in [0.717, 1.165) is 31.4 Å².